The summed E-state index contributed by atoms with van der Waals surface area (Å²) in [6, 6.07) is -2.24. The van der Waals surface area contributed by atoms with Crippen molar-refractivity contribution in [3.8, 4) is 0 Å². The molecule has 2 heterocycles. The summed E-state index contributed by atoms with van der Waals surface area (Å²) in [6.45, 7) is 0.775. The number of thioether (sulfide) groups is 1. The highest BCUT2D eigenvalue weighted by molar-refractivity contribution is 7.98. The minimum atomic E-state index is -1.08. The molecule has 2 rings (SSSR count). The van der Waals surface area contributed by atoms with Crippen LogP contribution in [0.4, 0.5) is 0 Å². The number of nitrogens with zero attached hydrogens (tertiary/aromatic N) is 2. The number of rotatable bonds is 8. The van der Waals surface area contributed by atoms with Crippen LogP contribution in [-0.2, 0) is 19.2 Å². The van der Waals surface area contributed by atoms with Crippen molar-refractivity contribution in [3.63, 3.8) is 0 Å². The molecule has 2 aliphatic heterocycles. The van der Waals surface area contributed by atoms with Crippen LogP contribution >= 0.6 is 11.8 Å². The minimum Gasteiger partial charge on any atom is -0.480 e. The van der Waals surface area contributed by atoms with Gasteiger partial charge in [-0.1, -0.05) is 0 Å². The maximum absolute atomic E-state index is 13.0. The molecular weight excluding hydrogens is 372 g/mol. The maximum atomic E-state index is 13.0. The number of carbonyl (C=O) groups excluding carboxylic acids is 3. The summed E-state index contributed by atoms with van der Waals surface area (Å²) in [5, 5.41) is 11.9. The number of carboxylic acids is 1. The standard InChI is InChI=1S/C17H28N4O5S/c1-27-9-6-11(17(25)26)19-15(23)12-4-2-8-21(12)16(24)13-5-3-7-20(13)14(22)10-18/h11-13H,2-10,18H2,1H3,(H,19,23)(H,25,26). The van der Waals surface area contributed by atoms with E-state index in [-0.39, 0.29) is 18.4 Å². The van der Waals surface area contributed by atoms with Gasteiger partial charge < -0.3 is 26.0 Å². The number of carboxylic acid groups (broad SMARTS) is 1. The zero-order valence-electron chi connectivity index (χ0n) is 15.6. The van der Waals surface area contributed by atoms with E-state index in [9.17, 15) is 24.3 Å². The zero-order valence-corrected chi connectivity index (χ0v) is 16.4. The van der Waals surface area contributed by atoms with Gasteiger partial charge >= 0.3 is 5.97 Å². The lowest BCUT2D eigenvalue weighted by Gasteiger charge is -2.31. The highest BCUT2D eigenvalue weighted by Gasteiger charge is 2.42. The fourth-order valence-corrected chi connectivity index (χ4v) is 4.17. The first-order valence-corrected chi connectivity index (χ1v) is 10.6. The van der Waals surface area contributed by atoms with Crippen molar-refractivity contribution in [3.05, 3.63) is 0 Å². The van der Waals surface area contributed by atoms with Gasteiger partial charge in [0, 0.05) is 13.1 Å². The number of carbonyl (C=O) groups is 4. The number of amides is 3. The van der Waals surface area contributed by atoms with Crippen molar-refractivity contribution in [2.75, 3.05) is 31.6 Å². The quantitative estimate of drug-likeness (QED) is 0.488. The van der Waals surface area contributed by atoms with Gasteiger partial charge in [0.2, 0.25) is 17.7 Å². The molecule has 0 aliphatic carbocycles. The predicted molar refractivity (Wildman–Crippen MR) is 101 cm³/mol. The van der Waals surface area contributed by atoms with Gasteiger partial charge in [-0.15, -0.1) is 0 Å². The molecule has 0 aromatic heterocycles. The van der Waals surface area contributed by atoms with Gasteiger partial charge in [0.15, 0.2) is 0 Å². The van der Waals surface area contributed by atoms with Crippen LogP contribution in [0.1, 0.15) is 32.1 Å². The van der Waals surface area contributed by atoms with E-state index in [1.807, 2.05) is 6.26 Å². The Bertz CT molecular complexity index is 588. The van der Waals surface area contributed by atoms with Crippen molar-refractivity contribution in [2.45, 2.75) is 50.2 Å². The summed E-state index contributed by atoms with van der Waals surface area (Å²) in [4.78, 5) is 51.9. The Hall–Kier alpha value is -1.81. The molecule has 3 amide bonds. The molecule has 0 aromatic carbocycles. The second-order valence-electron chi connectivity index (χ2n) is 6.82. The third-order valence-corrected chi connectivity index (χ3v) is 5.74. The lowest BCUT2D eigenvalue weighted by Crippen LogP contribution is -2.55. The molecule has 0 aromatic rings. The van der Waals surface area contributed by atoms with E-state index in [1.165, 1.54) is 21.6 Å². The third-order valence-electron chi connectivity index (χ3n) is 5.10. The highest BCUT2D eigenvalue weighted by Crippen LogP contribution is 2.25. The first kappa shape index (κ1) is 21.5. The Labute approximate surface area is 163 Å². The molecule has 3 atom stereocenters. The Morgan fingerprint density at radius 3 is 2.37 bits per heavy atom. The fourth-order valence-electron chi connectivity index (χ4n) is 3.69. The highest BCUT2D eigenvalue weighted by atomic mass is 32.2. The average Bonchev–Trinajstić information content (AvgIpc) is 3.32. The Morgan fingerprint density at radius 1 is 1.15 bits per heavy atom. The lowest BCUT2D eigenvalue weighted by molar-refractivity contribution is -0.147. The number of aliphatic carboxylic acids is 1. The van der Waals surface area contributed by atoms with E-state index in [1.54, 1.807) is 0 Å². The van der Waals surface area contributed by atoms with Gasteiger partial charge in [0.25, 0.3) is 0 Å². The number of hydrogen-bond acceptors (Lipinski definition) is 6. The smallest absolute Gasteiger partial charge is 0.326 e. The third kappa shape index (κ3) is 5.13. The number of nitrogens with one attached hydrogen (secondary N) is 1. The average molecular weight is 401 g/mol. The first-order valence-electron chi connectivity index (χ1n) is 9.22. The van der Waals surface area contributed by atoms with Gasteiger partial charge in [-0.2, -0.15) is 11.8 Å². The lowest BCUT2D eigenvalue weighted by atomic mass is 10.1. The Morgan fingerprint density at radius 2 is 1.78 bits per heavy atom. The summed E-state index contributed by atoms with van der Waals surface area (Å²) in [5.41, 5.74) is 5.43. The van der Waals surface area contributed by atoms with Crippen molar-refractivity contribution in [2.24, 2.45) is 5.73 Å². The van der Waals surface area contributed by atoms with Crippen LogP contribution in [0.25, 0.3) is 0 Å². The Kier molecular flexibility index (Phi) is 7.91. The maximum Gasteiger partial charge on any atom is 0.326 e. The van der Waals surface area contributed by atoms with E-state index < -0.39 is 30.0 Å². The van der Waals surface area contributed by atoms with Crippen LogP contribution in [0, 0.1) is 0 Å². The summed E-state index contributed by atoms with van der Waals surface area (Å²) in [6.07, 6.45) is 4.63. The van der Waals surface area contributed by atoms with Gasteiger partial charge in [-0.25, -0.2) is 4.79 Å². The summed E-state index contributed by atoms with van der Waals surface area (Å²) in [5.74, 6) is -1.42. The van der Waals surface area contributed by atoms with Crippen molar-refractivity contribution >= 4 is 35.5 Å². The molecule has 4 N–H and O–H groups in total. The number of likely N-dealkylation sites (tertiary alicyclic amines) is 2. The van der Waals surface area contributed by atoms with Crippen molar-refractivity contribution in [1.82, 2.24) is 15.1 Å². The van der Waals surface area contributed by atoms with E-state index in [0.29, 0.717) is 44.5 Å². The molecule has 2 fully saturated rings. The zero-order chi connectivity index (χ0) is 20.0. The molecule has 0 bridgehead atoms. The molecule has 0 spiro atoms. The normalized spacial score (nSPS) is 23.3. The van der Waals surface area contributed by atoms with Gasteiger partial charge in [-0.3, -0.25) is 14.4 Å². The fraction of sp³-hybridized carbons (Fsp3) is 0.765. The topological polar surface area (TPSA) is 133 Å². The minimum absolute atomic E-state index is 0.149. The summed E-state index contributed by atoms with van der Waals surface area (Å²) >= 11 is 1.51. The number of nitrogens with two attached hydrogens (primary N) is 1. The van der Waals surface area contributed by atoms with Crippen molar-refractivity contribution < 1.29 is 24.3 Å². The SMILES string of the molecule is CSCCC(NC(=O)C1CCCN1C(=O)C1CCCN1C(=O)CN)C(=O)O. The molecule has 2 aliphatic rings. The van der Waals surface area contributed by atoms with Crippen LogP contribution < -0.4 is 11.1 Å². The molecule has 0 radical (unpaired) electrons. The van der Waals surface area contributed by atoms with E-state index in [2.05, 4.69) is 5.32 Å². The molecule has 2 saturated heterocycles. The largest absolute Gasteiger partial charge is 0.480 e. The predicted octanol–water partition coefficient (Wildman–Crippen LogP) is -0.750. The second kappa shape index (κ2) is 9.93. The molecule has 0 saturated carbocycles. The number of hydrogen-bond donors (Lipinski definition) is 3. The van der Waals surface area contributed by atoms with Crippen LogP contribution in [0.5, 0.6) is 0 Å². The van der Waals surface area contributed by atoms with Gasteiger partial charge in [0.1, 0.15) is 18.1 Å². The van der Waals surface area contributed by atoms with Crippen LogP contribution in [-0.4, -0.2) is 88.4 Å². The molecule has 27 heavy (non-hydrogen) atoms. The Balaban J connectivity index is 2.04. The molecule has 3 unspecified atom stereocenters. The van der Waals surface area contributed by atoms with Gasteiger partial charge in [-0.05, 0) is 44.1 Å². The van der Waals surface area contributed by atoms with E-state index in [0.717, 1.165) is 6.42 Å². The van der Waals surface area contributed by atoms with Crippen molar-refractivity contribution in [1.29, 1.82) is 0 Å². The van der Waals surface area contributed by atoms with Crippen LogP contribution in [0.15, 0.2) is 0 Å². The monoisotopic (exact) mass is 400 g/mol. The van der Waals surface area contributed by atoms with E-state index >= 15 is 0 Å². The molecular formula is C17H28N4O5S. The van der Waals surface area contributed by atoms with E-state index in [4.69, 9.17) is 5.73 Å². The first-order chi connectivity index (χ1) is 12.9. The van der Waals surface area contributed by atoms with Gasteiger partial charge in [0.05, 0.1) is 6.54 Å². The molecule has 152 valence electrons. The van der Waals surface area contributed by atoms with Crippen LogP contribution in [0.3, 0.4) is 0 Å². The van der Waals surface area contributed by atoms with Crippen LogP contribution in [0.2, 0.25) is 0 Å². The second-order valence-corrected chi connectivity index (χ2v) is 7.81. The molecule has 10 heteroatoms. The summed E-state index contributed by atoms with van der Waals surface area (Å²) in [7, 11) is 0. The molecule has 9 nitrogen and oxygen atoms in total. The summed E-state index contributed by atoms with van der Waals surface area (Å²) < 4.78 is 0.